The number of anilines is 2. The summed E-state index contributed by atoms with van der Waals surface area (Å²) in [5.74, 6) is 0. The lowest BCUT2D eigenvalue weighted by Crippen LogP contribution is -2.50. The van der Waals surface area contributed by atoms with Gasteiger partial charge in [-0.25, -0.2) is 9.79 Å². The third-order valence-corrected chi connectivity index (χ3v) is 10.9. The van der Waals surface area contributed by atoms with E-state index in [1.165, 1.54) is 44.7 Å². The Balaban J connectivity index is 1.62. The van der Waals surface area contributed by atoms with Gasteiger partial charge in [-0.2, -0.15) is 0 Å². The number of unbranched alkanes of at least 4 members (excludes halogenated alkanes) is 1. The van der Waals surface area contributed by atoms with Crippen LogP contribution in [0.25, 0.3) is 0 Å². The number of hydrogen-bond donors (Lipinski definition) is 0. The lowest BCUT2D eigenvalue weighted by atomic mass is 10.1. The van der Waals surface area contributed by atoms with Crippen LogP contribution >= 0.6 is 28.9 Å². The maximum absolute atomic E-state index is 12.5. The van der Waals surface area contributed by atoms with Crippen molar-refractivity contribution in [1.29, 1.82) is 0 Å². The summed E-state index contributed by atoms with van der Waals surface area (Å²) in [5, 5.41) is 1.13. The van der Waals surface area contributed by atoms with Crippen molar-refractivity contribution in [2.75, 3.05) is 49.6 Å². The van der Waals surface area contributed by atoms with Gasteiger partial charge in [0.25, 0.3) is 0 Å². The minimum atomic E-state index is -0.469. The van der Waals surface area contributed by atoms with E-state index in [1.807, 2.05) is 25.7 Å². The SMILES string of the molecule is CCCCN(C)c1cc(C)c2c(c1)=S(I)c1cc(N3CCN(C(=O)OC(C)(C)C)CC3)cc(C)c1N=2. The second-order valence-electron chi connectivity index (χ2n) is 10.8. The van der Waals surface area contributed by atoms with Crippen molar-refractivity contribution in [3.8, 4) is 0 Å². The van der Waals surface area contributed by atoms with Gasteiger partial charge >= 0.3 is 6.09 Å². The van der Waals surface area contributed by atoms with E-state index in [0.29, 0.717) is 13.1 Å². The summed E-state index contributed by atoms with van der Waals surface area (Å²) in [6.45, 7) is 16.3. The highest BCUT2D eigenvalue weighted by Crippen LogP contribution is 2.48. The summed E-state index contributed by atoms with van der Waals surface area (Å²) in [4.78, 5) is 25.5. The Bertz CT molecular complexity index is 1280. The summed E-state index contributed by atoms with van der Waals surface area (Å²) in [6, 6.07) is 9.22. The van der Waals surface area contributed by atoms with Gasteiger partial charge in [-0.05, 0) is 97.6 Å². The molecule has 1 fully saturated rings. The van der Waals surface area contributed by atoms with Crippen LogP contribution in [0.4, 0.5) is 21.9 Å². The molecule has 0 aromatic heterocycles. The van der Waals surface area contributed by atoms with Crippen molar-refractivity contribution >= 4 is 52.0 Å². The Morgan fingerprint density at radius 1 is 1.11 bits per heavy atom. The number of carbonyl (C=O) groups excluding carboxylic acids is 1. The van der Waals surface area contributed by atoms with Crippen molar-refractivity contribution in [2.24, 2.45) is 4.99 Å². The lowest BCUT2D eigenvalue weighted by Gasteiger charge is -2.37. The van der Waals surface area contributed by atoms with Crippen LogP contribution in [0.5, 0.6) is 0 Å². The third kappa shape index (κ3) is 5.85. The number of halogens is 1. The van der Waals surface area contributed by atoms with Crippen molar-refractivity contribution in [1.82, 2.24) is 4.90 Å². The molecule has 0 bridgehead atoms. The first-order valence-electron chi connectivity index (χ1n) is 12.8. The van der Waals surface area contributed by atoms with Crippen LogP contribution in [0, 0.1) is 18.4 Å². The molecule has 0 aliphatic carbocycles. The number of rotatable bonds is 5. The van der Waals surface area contributed by atoms with Gasteiger partial charge in [0.1, 0.15) is 5.60 Å². The first kappa shape index (κ1) is 27.2. The van der Waals surface area contributed by atoms with Crippen molar-refractivity contribution < 1.29 is 9.53 Å². The number of fused-ring (bicyclic) bond motifs is 2. The van der Waals surface area contributed by atoms with Crippen LogP contribution in [0.1, 0.15) is 51.7 Å². The van der Waals surface area contributed by atoms with E-state index in [2.05, 4.69) is 83.1 Å². The molecule has 1 unspecified atom stereocenters. The Kier molecular flexibility index (Phi) is 8.24. The Hall–Kier alpha value is -1.81. The molecular weight excluding hydrogens is 583 g/mol. The summed E-state index contributed by atoms with van der Waals surface area (Å²) >= 11 is 2.61. The minimum Gasteiger partial charge on any atom is -0.444 e. The lowest BCUT2D eigenvalue weighted by molar-refractivity contribution is 0.0240. The molecule has 8 heteroatoms. The molecule has 1 saturated heterocycles. The first-order valence-corrected chi connectivity index (χ1v) is 16.6. The summed E-state index contributed by atoms with van der Waals surface area (Å²) in [6.07, 6.45) is 2.17. The molecule has 0 spiro atoms. The molecule has 4 rings (SSSR count). The molecule has 2 aliphatic heterocycles. The zero-order valence-corrected chi connectivity index (χ0v) is 25.6. The molecule has 1 amide bonds. The second kappa shape index (κ2) is 10.9. The highest BCUT2D eigenvalue weighted by molar-refractivity contribution is 14.2. The zero-order chi connectivity index (χ0) is 26.2. The fourth-order valence-electron chi connectivity index (χ4n) is 4.65. The Morgan fingerprint density at radius 3 is 2.44 bits per heavy atom. The predicted octanol–water partition coefficient (Wildman–Crippen LogP) is 6.79. The van der Waals surface area contributed by atoms with Crippen molar-refractivity contribution in [3.05, 3.63) is 45.3 Å². The Labute approximate surface area is 230 Å². The molecule has 0 radical (unpaired) electrons. The third-order valence-electron chi connectivity index (χ3n) is 6.69. The standard InChI is InChI=1S/C28H39IN4O2S/c1-8-9-10-31(7)21-15-19(2)25-23(17-21)36(29)24-18-22(16-20(3)26(24)30-25)32-11-13-33(14-12-32)27(34)35-28(4,5)6/h15-18H,8-14H2,1-7H3. The van der Waals surface area contributed by atoms with Gasteiger partial charge in [0.15, 0.2) is 0 Å². The van der Waals surface area contributed by atoms with Crippen molar-refractivity contribution in [2.45, 2.75) is 64.9 Å². The van der Waals surface area contributed by atoms with Crippen LogP contribution in [0.15, 0.2) is 34.2 Å². The summed E-state index contributed by atoms with van der Waals surface area (Å²) in [7, 11) is 2.09. The number of nitrogens with zero attached hydrogens (tertiary/aromatic N) is 4. The van der Waals surface area contributed by atoms with Crippen LogP contribution in [-0.2, 0) is 4.74 Å². The van der Waals surface area contributed by atoms with E-state index in [0.717, 1.165) is 30.7 Å². The quantitative estimate of drug-likeness (QED) is 0.272. The molecule has 1 atom stereocenters. The van der Waals surface area contributed by atoms with Crippen molar-refractivity contribution in [3.63, 3.8) is 0 Å². The second-order valence-corrected chi connectivity index (χ2v) is 14.9. The number of benzene rings is 2. The molecule has 0 N–H and O–H groups in total. The van der Waals surface area contributed by atoms with E-state index in [-0.39, 0.29) is 13.7 Å². The Morgan fingerprint density at radius 2 is 1.81 bits per heavy atom. The molecule has 2 aliphatic rings. The molecule has 36 heavy (non-hydrogen) atoms. The van der Waals surface area contributed by atoms with Crippen LogP contribution < -0.4 is 15.2 Å². The van der Waals surface area contributed by atoms with E-state index in [4.69, 9.17) is 9.73 Å². The number of ether oxygens (including phenoxy) is 1. The molecule has 2 heterocycles. The van der Waals surface area contributed by atoms with E-state index in [9.17, 15) is 4.79 Å². The van der Waals surface area contributed by atoms with Crippen LogP contribution in [0.2, 0.25) is 0 Å². The van der Waals surface area contributed by atoms with E-state index in [1.54, 1.807) is 0 Å². The summed E-state index contributed by atoms with van der Waals surface area (Å²) < 4.78 is 6.90. The van der Waals surface area contributed by atoms with Gasteiger partial charge in [0, 0.05) is 60.6 Å². The largest absolute Gasteiger partial charge is 0.444 e. The number of aryl methyl sites for hydroxylation is 2. The average Bonchev–Trinajstić information content (AvgIpc) is 2.82. The number of carbonyl (C=O) groups is 1. The van der Waals surface area contributed by atoms with Gasteiger partial charge in [-0.15, -0.1) is 0 Å². The number of amides is 1. The average molecular weight is 623 g/mol. The van der Waals surface area contributed by atoms with E-state index < -0.39 is 5.60 Å². The maximum atomic E-state index is 12.5. The molecular formula is C28H39IN4O2S. The minimum absolute atomic E-state index is 0.0953. The van der Waals surface area contributed by atoms with Gasteiger partial charge in [-0.1, -0.05) is 21.0 Å². The normalized spacial score (nSPS) is 17.3. The van der Waals surface area contributed by atoms with Gasteiger partial charge < -0.3 is 19.4 Å². The number of hydrogen-bond acceptors (Lipinski definition) is 5. The molecule has 0 saturated carbocycles. The van der Waals surface area contributed by atoms with E-state index >= 15 is 0 Å². The molecule has 6 nitrogen and oxygen atoms in total. The molecule has 196 valence electrons. The highest BCUT2D eigenvalue weighted by atomic mass is 127. The topological polar surface area (TPSA) is 48.4 Å². The maximum Gasteiger partial charge on any atom is 0.410 e. The monoisotopic (exact) mass is 622 g/mol. The first-order chi connectivity index (χ1) is 17.0. The van der Waals surface area contributed by atoms with Crippen LogP contribution in [0.3, 0.4) is 0 Å². The smallest absolute Gasteiger partial charge is 0.410 e. The fraction of sp³-hybridized carbons (Fsp3) is 0.536. The van der Waals surface area contributed by atoms with Gasteiger partial charge in [0.2, 0.25) is 0 Å². The predicted molar refractivity (Wildman–Crippen MR) is 160 cm³/mol. The molecule has 2 aromatic rings. The zero-order valence-electron chi connectivity index (χ0n) is 22.7. The molecule has 2 aromatic carbocycles. The van der Waals surface area contributed by atoms with Gasteiger partial charge in [0.05, 0.1) is 11.0 Å². The highest BCUT2D eigenvalue weighted by Gasteiger charge is 2.27. The summed E-state index contributed by atoms with van der Waals surface area (Å²) in [5.41, 5.74) is 5.59. The van der Waals surface area contributed by atoms with Gasteiger partial charge in [-0.3, -0.25) is 0 Å². The van der Waals surface area contributed by atoms with Crippen LogP contribution in [-0.4, -0.2) is 56.4 Å². The number of piperazine rings is 1. The fourth-order valence-corrected chi connectivity index (χ4v) is 8.10.